The highest BCUT2D eigenvalue weighted by Crippen LogP contribution is 2.36. The van der Waals surface area contributed by atoms with Crippen LogP contribution >= 0.6 is 0 Å². The van der Waals surface area contributed by atoms with Crippen LogP contribution in [0.1, 0.15) is 5.56 Å². The lowest BCUT2D eigenvalue weighted by molar-refractivity contribution is 1.05. The van der Waals surface area contributed by atoms with Crippen molar-refractivity contribution in [3.8, 4) is 45.3 Å². The third-order valence-corrected chi connectivity index (χ3v) is 7.06. The van der Waals surface area contributed by atoms with Crippen molar-refractivity contribution in [1.29, 1.82) is 0 Å². The summed E-state index contributed by atoms with van der Waals surface area (Å²) in [6.07, 6.45) is 3.85. The summed E-state index contributed by atoms with van der Waals surface area (Å²) in [6, 6.07) is 41.5. The molecular formula is C35H25N5. The molecule has 1 aromatic heterocycles. The van der Waals surface area contributed by atoms with Crippen molar-refractivity contribution in [1.82, 2.24) is 20.3 Å². The van der Waals surface area contributed by atoms with Crippen LogP contribution in [0.25, 0.3) is 61.8 Å². The zero-order valence-electron chi connectivity index (χ0n) is 21.7. The second-order valence-corrected chi connectivity index (χ2v) is 9.58. The highest BCUT2D eigenvalue weighted by Gasteiger charge is 2.16. The fourth-order valence-electron chi connectivity index (χ4n) is 5.06. The summed E-state index contributed by atoms with van der Waals surface area (Å²) in [5, 5.41) is 5.35. The number of fused-ring (bicyclic) bond motifs is 1. The van der Waals surface area contributed by atoms with Crippen LogP contribution in [-0.4, -0.2) is 27.8 Å². The molecule has 2 heterocycles. The van der Waals surface area contributed by atoms with Crippen molar-refractivity contribution in [2.45, 2.75) is 0 Å². The Morgan fingerprint density at radius 2 is 0.975 bits per heavy atom. The molecule has 5 heteroatoms. The van der Waals surface area contributed by atoms with E-state index in [0.29, 0.717) is 17.5 Å². The minimum Gasteiger partial charge on any atom is -0.373 e. The summed E-state index contributed by atoms with van der Waals surface area (Å²) in [5.41, 5.74) is 7.29. The van der Waals surface area contributed by atoms with Crippen molar-refractivity contribution in [3.63, 3.8) is 0 Å². The van der Waals surface area contributed by atoms with Crippen LogP contribution < -0.4 is 5.32 Å². The van der Waals surface area contributed by atoms with E-state index in [1.807, 2.05) is 60.7 Å². The van der Waals surface area contributed by atoms with Gasteiger partial charge in [-0.1, -0.05) is 115 Å². The first kappa shape index (κ1) is 23.7. The number of benzene rings is 5. The van der Waals surface area contributed by atoms with Gasteiger partial charge < -0.3 is 5.32 Å². The van der Waals surface area contributed by atoms with E-state index in [0.717, 1.165) is 56.4 Å². The van der Waals surface area contributed by atoms with Gasteiger partial charge in [0.1, 0.15) is 0 Å². The molecule has 0 saturated heterocycles. The Balaban J connectivity index is 1.36. The molecule has 7 rings (SSSR count). The van der Waals surface area contributed by atoms with E-state index in [-0.39, 0.29) is 0 Å². The molecule has 0 fully saturated rings. The molecule has 1 aliphatic rings. The number of aromatic nitrogens is 3. The van der Waals surface area contributed by atoms with Crippen molar-refractivity contribution >= 4 is 22.8 Å². The maximum absolute atomic E-state index is 4.97. The second-order valence-electron chi connectivity index (χ2n) is 9.58. The molecule has 190 valence electrons. The zero-order chi connectivity index (χ0) is 26.7. The Morgan fingerprint density at radius 3 is 1.57 bits per heavy atom. The predicted molar refractivity (Wildman–Crippen MR) is 164 cm³/mol. The molecule has 0 unspecified atom stereocenters. The van der Waals surface area contributed by atoms with Crippen LogP contribution in [0.4, 0.5) is 0 Å². The van der Waals surface area contributed by atoms with Gasteiger partial charge >= 0.3 is 0 Å². The maximum atomic E-state index is 4.97. The van der Waals surface area contributed by atoms with Gasteiger partial charge in [-0.15, -0.1) is 0 Å². The summed E-state index contributed by atoms with van der Waals surface area (Å²) in [4.78, 5) is 19.2. The molecule has 6 aromatic rings. The fourth-order valence-corrected chi connectivity index (χ4v) is 5.06. The lowest BCUT2D eigenvalue weighted by Crippen LogP contribution is -2.14. The number of nitrogens with one attached hydrogen (secondary N) is 1. The molecule has 5 aromatic carbocycles. The topological polar surface area (TPSA) is 63.1 Å². The van der Waals surface area contributed by atoms with E-state index in [4.69, 9.17) is 15.0 Å². The van der Waals surface area contributed by atoms with E-state index in [2.05, 4.69) is 77.0 Å². The van der Waals surface area contributed by atoms with Crippen molar-refractivity contribution in [3.05, 3.63) is 133 Å². The summed E-state index contributed by atoms with van der Waals surface area (Å²) >= 11 is 0. The second kappa shape index (κ2) is 10.4. The third-order valence-electron chi connectivity index (χ3n) is 7.06. The Morgan fingerprint density at radius 1 is 0.450 bits per heavy atom. The standard InChI is InChI=1S/C35H25N5/c1-3-9-26(10-4-1)33-38-34(27-11-5-2-6-12-27)40-35(39-33)31-20-19-28(29-13-7-8-14-30(29)31)24-15-17-25(18-16-24)32-21-22-36-23-37-32/h1-21,23H,22H2,(H,36,37). The molecule has 0 saturated carbocycles. The van der Waals surface area contributed by atoms with Crippen molar-refractivity contribution in [2.24, 2.45) is 4.99 Å². The Bertz CT molecular complexity index is 1820. The van der Waals surface area contributed by atoms with Gasteiger partial charge in [0, 0.05) is 23.2 Å². The van der Waals surface area contributed by atoms with E-state index >= 15 is 0 Å². The van der Waals surface area contributed by atoms with Gasteiger partial charge in [-0.05, 0) is 39.6 Å². The third kappa shape index (κ3) is 4.54. The Kier molecular flexibility index (Phi) is 6.15. The van der Waals surface area contributed by atoms with Crippen LogP contribution in [-0.2, 0) is 0 Å². The van der Waals surface area contributed by atoms with Crippen LogP contribution in [0.15, 0.2) is 132 Å². The fraction of sp³-hybridized carbons (Fsp3) is 0.0286. The Labute approximate surface area is 232 Å². The minimum absolute atomic E-state index is 0.654. The van der Waals surface area contributed by atoms with E-state index in [9.17, 15) is 0 Å². The number of aliphatic imine (C=N–C) groups is 1. The largest absolute Gasteiger partial charge is 0.373 e. The first-order chi connectivity index (χ1) is 19.8. The molecule has 1 N–H and O–H groups in total. The highest BCUT2D eigenvalue weighted by molar-refractivity contribution is 6.04. The van der Waals surface area contributed by atoms with Gasteiger partial charge in [-0.25, -0.2) is 19.9 Å². The highest BCUT2D eigenvalue weighted by atomic mass is 15.0. The van der Waals surface area contributed by atoms with Crippen LogP contribution in [0, 0.1) is 0 Å². The maximum Gasteiger partial charge on any atom is 0.164 e. The first-order valence-corrected chi connectivity index (χ1v) is 13.3. The monoisotopic (exact) mass is 515 g/mol. The molecule has 5 nitrogen and oxygen atoms in total. The van der Waals surface area contributed by atoms with Crippen molar-refractivity contribution < 1.29 is 0 Å². The average molecular weight is 516 g/mol. The number of hydrogen-bond acceptors (Lipinski definition) is 5. The molecule has 0 spiro atoms. The SMILES string of the molecule is C1=NC(c2ccc(-c3ccc(-c4nc(-c5ccccc5)nc(-c5ccccc5)n4)c4ccccc34)cc2)=CCN1. The zero-order valence-corrected chi connectivity index (χ0v) is 21.7. The molecule has 40 heavy (non-hydrogen) atoms. The molecule has 0 bridgehead atoms. The quantitative estimate of drug-likeness (QED) is 0.256. The summed E-state index contributed by atoms with van der Waals surface area (Å²) in [7, 11) is 0. The van der Waals surface area contributed by atoms with Crippen LogP contribution in [0.2, 0.25) is 0 Å². The smallest absolute Gasteiger partial charge is 0.164 e. The molecular weight excluding hydrogens is 490 g/mol. The van der Waals surface area contributed by atoms with E-state index in [1.54, 1.807) is 6.34 Å². The normalized spacial score (nSPS) is 12.7. The molecule has 0 atom stereocenters. The summed E-state index contributed by atoms with van der Waals surface area (Å²) in [5.74, 6) is 1.97. The number of hydrogen-bond donors (Lipinski definition) is 1. The van der Waals surface area contributed by atoms with E-state index < -0.39 is 0 Å². The number of nitrogens with zero attached hydrogens (tertiary/aromatic N) is 4. The summed E-state index contributed by atoms with van der Waals surface area (Å²) in [6.45, 7) is 0.793. The van der Waals surface area contributed by atoms with Gasteiger partial charge in [-0.2, -0.15) is 0 Å². The molecule has 1 aliphatic heterocycles. The first-order valence-electron chi connectivity index (χ1n) is 13.3. The van der Waals surface area contributed by atoms with Gasteiger partial charge in [-0.3, -0.25) is 0 Å². The van der Waals surface area contributed by atoms with Gasteiger partial charge in [0.05, 0.1) is 12.0 Å². The molecule has 0 aliphatic carbocycles. The molecule has 0 amide bonds. The predicted octanol–water partition coefficient (Wildman–Crippen LogP) is 7.67. The van der Waals surface area contributed by atoms with Gasteiger partial charge in [0.2, 0.25) is 0 Å². The lowest BCUT2D eigenvalue weighted by atomic mass is 9.94. The Hall–Kier alpha value is -5.42. The van der Waals surface area contributed by atoms with Gasteiger partial charge in [0.25, 0.3) is 0 Å². The van der Waals surface area contributed by atoms with E-state index in [1.165, 1.54) is 0 Å². The summed E-state index contributed by atoms with van der Waals surface area (Å²) < 4.78 is 0. The number of rotatable bonds is 5. The minimum atomic E-state index is 0.654. The average Bonchev–Trinajstić information content (AvgIpc) is 3.05. The van der Waals surface area contributed by atoms with Crippen LogP contribution in [0.5, 0.6) is 0 Å². The van der Waals surface area contributed by atoms with Crippen LogP contribution in [0.3, 0.4) is 0 Å². The van der Waals surface area contributed by atoms with Gasteiger partial charge in [0.15, 0.2) is 17.5 Å². The lowest BCUT2D eigenvalue weighted by Gasteiger charge is -2.14. The van der Waals surface area contributed by atoms with Crippen molar-refractivity contribution in [2.75, 3.05) is 6.54 Å². The molecule has 0 radical (unpaired) electrons.